The molecule has 2 atom stereocenters. The molecule has 176 valence electrons. The van der Waals surface area contributed by atoms with Crippen LogP contribution in [0.2, 0.25) is 0 Å². The Balaban J connectivity index is 1.18. The molecular weight excluding hydrogens is 400 g/mol. The van der Waals surface area contributed by atoms with Gasteiger partial charge in [0.15, 0.2) is 0 Å². The smallest absolute Gasteiger partial charge is 0.222 e. The van der Waals surface area contributed by atoms with Gasteiger partial charge in [-0.15, -0.1) is 0 Å². The zero-order valence-electron chi connectivity index (χ0n) is 19.6. The molecule has 0 unspecified atom stereocenters. The van der Waals surface area contributed by atoms with E-state index in [1.807, 2.05) is 0 Å². The van der Waals surface area contributed by atoms with Crippen LogP contribution in [0.5, 0.6) is 0 Å². The third-order valence-corrected chi connectivity index (χ3v) is 8.27. The highest BCUT2D eigenvalue weighted by molar-refractivity contribution is 5.76. The van der Waals surface area contributed by atoms with E-state index in [9.17, 15) is 4.79 Å². The van der Waals surface area contributed by atoms with Crippen LogP contribution in [0.25, 0.3) is 0 Å². The molecule has 1 amide bonds. The largest absolute Gasteiger partial charge is 0.378 e. The van der Waals surface area contributed by atoms with Crippen molar-refractivity contribution in [1.29, 1.82) is 0 Å². The number of aromatic nitrogens is 1. The van der Waals surface area contributed by atoms with Crippen molar-refractivity contribution in [2.45, 2.75) is 70.4 Å². The first-order chi connectivity index (χ1) is 15.8. The normalized spacial score (nSPS) is 27.5. The van der Waals surface area contributed by atoms with E-state index in [4.69, 9.17) is 9.72 Å². The van der Waals surface area contributed by atoms with Crippen LogP contribution in [0.4, 0.5) is 5.82 Å². The molecule has 6 heteroatoms. The maximum absolute atomic E-state index is 13.0. The van der Waals surface area contributed by atoms with Gasteiger partial charge in [-0.05, 0) is 49.3 Å². The van der Waals surface area contributed by atoms with Crippen molar-refractivity contribution in [2.75, 3.05) is 50.8 Å². The molecule has 4 aliphatic rings. The maximum atomic E-state index is 13.0. The standard InChI is InChI=1S/C26H40N4O2/c31-26(11-9-21-5-1-2-6-21)30-19-23-7-3-4-12-29(24(23)20-30)18-22-8-10-25(27-17-22)28-13-15-32-16-14-28/h8,10,17,21,23-24H,1-7,9,11-16,18-20H2/t23-,24+/m0/s1. The quantitative estimate of drug-likeness (QED) is 0.675. The van der Waals surface area contributed by atoms with E-state index in [2.05, 4.69) is 33.0 Å². The zero-order valence-corrected chi connectivity index (χ0v) is 19.6. The highest BCUT2D eigenvalue weighted by atomic mass is 16.5. The first kappa shape index (κ1) is 22.1. The summed E-state index contributed by atoms with van der Waals surface area (Å²) in [6, 6.07) is 4.92. The lowest BCUT2D eigenvalue weighted by Gasteiger charge is -2.30. The summed E-state index contributed by atoms with van der Waals surface area (Å²) in [5, 5.41) is 0. The molecule has 0 bridgehead atoms. The molecule has 0 radical (unpaired) electrons. The third kappa shape index (κ3) is 5.28. The molecular formula is C26H40N4O2. The number of carbonyl (C=O) groups is 1. The van der Waals surface area contributed by atoms with Crippen molar-refractivity contribution >= 4 is 11.7 Å². The minimum Gasteiger partial charge on any atom is -0.378 e. The highest BCUT2D eigenvalue weighted by Crippen LogP contribution is 2.33. The van der Waals surface area contributed by atoms with Crippen molar-refractivity contribution in [1.82, 2.24) is 14.8 Å². The van der Waals surface area contributed by atoms with Gasteiger partial charge in [-0.2, -0.15) is 0 Å². The van der Waals surface area contributed by atoms with Crippen LogP contribution < -0.4 is 4.90 Å². The molecule has 1 aromatic rings. The van der Waals surface area contributed by atoms with E-state index >= 15 is 0 Å². The van der Waals surface area contributed by atoms with Crippen molar-refractivity contribution in [2.24, 2.45) is 11.8 Å². The van der Waals surface area contributed by atoms with E-state index in [1.54, 1.807) is 0 Å². The first-order valence-electron chi connectivity index (χ1n) is 13.1. The van der Waals surface area contributed by atoms with Crippen LogP contribution in [-0.2, 0) is 16.1 Å². The molecule has 3 saturated heterocycles. The van der Waals surface area contributed by atoms with Crippen LogP contribution >= 0.6 is 0 Å². The number of fused-ring (bicyclic) bond motifs is 1. The predicted molar refractivity (Wildman–Crippen MR) is 127 cm³/mol. The maximum Gasteiger partial charge on any atom is 0.222 e. The Kier molecular flexibility index (Phi) is 7.28. The van der Waals surface area contributed by atoms with Gasteiger partial charge in [0.25, 0.3) is 0 Å². The average Bonchev–Trinajstić information content (AvgIpc) is 3.47. The minimum absolute atomic E-state index is 0.404. The summed E-state index contributed by atoms with van der Waals surface area (Å²) in [5.74, 6) is 2.90. The summed E-state index contributed by atoms with van der Waals surface area (Å²) >= 11 is 0. The second-order valence-electron chi connectivity index (χ2n) is 10.4. The number of amides is 1. The van der Waals surface area contributed by atoms with Crippen molar-refractivity contribution in [3.63, 3.8) is 0 Å². The summed E-state index contributed by atoms with van der Waals surface area (Å²) in [6.07, 6.45) is 13.2. The Bertz CT molecular complexity index is 743. The molecule has 1 saturated carbocycles. The summed E-state index contributed by atoms with van der Waals surface area (Å²) < 4.78 is 5.46. The summed E-state index contributed by atoms with van der Waals surface area (Å²) in [5.41, 5.74) is 1.29. The number of nitrogens with zero attached hydrogens (tertiary/aromatic N) is 4. The van der Waals surface area contributed by atoms with E-state index in [-0.39, 0.29) is 0 Å². The first-order valence-corrected chi connectivity index (χ1v) is 13.1. The Morgan fingerprint density at radius 1 is 1.00 bits per heavy atom. The fourth-order valence-electron chi connectivity index (χ4n) is 6.35. The van der Waals surface area contributed by atoms with Gasteiger partial charge in [0.1, 0.15) is 5.82 Å². The Morgan fingerprint density at radius 3 is 2.59 bits per heavy atom. The zero-order chi connectivity index (χ0) is 21.8. The highest BCUT2D eigenvalue weighted by Gasteiger charge is 2.39. The topological polar surface area (TPSA) is 48.9 Å². The van der Waals surface area contributed by atoms with Gasteiger partial charge in [0.2, 0.25) is 5.91 Å². The summed E-state index contributed by atoms with van der Waals surface area (Å²) in [7, 11) is 0. The number of hydrogen-bond acceptors (Lipinski definition) is 5. The third-order valence-electron chi connectivity index (χ3n) is 8.27. The number of rotatable bonds is 6. The Hall–Kier alpha value is -1.66. The van der Waals surface area contributed by atoms with Gasteiger partial charge in [-0.1, -0.05) is 38.2 Å². The fourth-order valence-corrected chi connectivity index (χ4v) is 6.35. The number of carbonyl (C=O) groups excluding carboxylic acids is 1. The van der Waals surface area contributed by atoms with Gasteiger partial charge < -0.3 is 14.5 Å². The number of pyridine rings is 1. The van der Waals surface area contributed by atoms with Crippen LogP contribution in [0.1, 0.15) is 63.4 Å². The number of hydrogen-bond donors (Lipinski definition) is 0. The molecule has 1 aromatic heterocycles. The van der Waals surface area contributed by atoms with E-state index in [0.717, 1.165) is 77.1 Å². The van der Waals surface area contributed by atoms with Crippen molar-refractivity contribution in [3.05, 3.63) is 23.9 Å². The molecule has 32 heavy (non-hydrogen) atoms. The number of anilines is 1. The molecule has 0 aromatic carbocycles. The number of ether oxygens (including phenoxy) is 1. The molecule has 3 aliphatic heterocycles. The summed E-state index contributed by atoms with van der Waals surface area (Å²) in [6.45, 7) is 7.40. The van der Waals surface area contributed by atoms with E-state index in [1.165, 1.54) is 50.5 Å². The van der Waals surface area contributed by atoms with Crippen LogP contribution in [0.3, 0.4) is 0 Å². The second kappa shape index (κ2) is 10.5. The van der Waals surface area contributed by atoms with Gasteiger partial charge in [0.05, 0.1) is 13.2 Å². The fraction of sp³-hybridized carbons (Fsp3) is 0.769. The molecule has 4 heterocycles. The average molecular weight is 441 g/mol. The monoisotopic (exact) mass is 440 g/mol. The Labute approximate surface area is 193 Å². The number of likely N-dealkylation sites (tertiary alicyclic amines) is 2. The molecule has 4 fully saturated rings. The van der Waals surface area contributed by atoms with E-state index < -0.39 is 0 Å². The predicted octanol–water partition coefficient (Wildman–Crippen LogP) is 3.70. The van der Waals surface area contributed by atoms with Crippen LogP contribution in [-0.4, -0.2) is 72.7 Å². The van der Waals surface area contributed by atoms with Crippen LogP contribution in [0, 0.1) is 11.8 Å². The SMILES string of the molecule is O=C(CCC1CCCC1)N1C[C@@H]2CCCCN(Cc3ccc(N4CCOCC4)nc3)[C@@H]2C1. The lowest BCUT2D eigenvalue weighted by atomic mass is 9.98. The lowest BCUT2D eigenvalue weighted by molar-refractivity contribution is -0.130. The summed E-state index contributed by atoms with van der Waals surface area (Å²) in [4.78, 5) is 24.9. The van der Waals surface area contributed by atoms with Gasteiger partial charge in [0, 0.05) is 51.4 Å². The minimum atomic E-state index is 0.404. The molecule has 0 spiro atoms. The molecule has 1 aliphatic carbocycles. The van der Waals surface area contributed by atoms with Crippen molar-refractivity contribution in [3.8, 4) is 0 Å². The van der Waals surface area contributed by atoms with Crippen molar-refractivity contribution < 1.29 is 9.53 Å². The molecule has 0 N–H and O–H groups in total. The molecule has 5 rings (SSSR count). The number of morpholine rings is 1. The molecule has 6 nitrogen and oxygen atoms in total. The second-order valence-corrected chi connectivity index (χ2v) is 10.4. The van der Waals surface area contributed by atoms with Gasteiger partial charge in [-0.25, -0.2) is 4.98 Å². The van der Waals surface area contributed by atoms with E-state index in [0.29, 0.717) is 17.9 Å². The Morgan fingerprint density at radius 2 is 1.81 bits per heavy atom. The lowest BCUT2D eigenvalue weighted by Crippen LogP contribution is -2.40. The van der Waals surface area contributed by atoms with Gasteiger partial charge in [-0.3, -0.25) is 9.69 Å². The van der Waals surface area contributed by atoms with Gasteiger partial charge >= 0.3 is 0 Å². The van der Waals surface area contributed by atoms with Crippen LogP contribution in [0.15, 0.2) is 18.3 Å².